The van der Waals surface area contributed by atoms with Crippen LogP contribution in [-0.4, -0.2) is 19.7 Å². The van der Waals surface area contributed by atoms with E-state index in [4.69, 9.17) is 4.74 Å². The van der Waals surface area contributed by atoms with Gasteiger partial charge >= 0.3 is 0 Å². The highest BCUT2D eigenvalue weighted by Crippen LogP contribution is 2.18. The van der Waals surface area contributed by atoms with E-state index >= 15 is 0 Å². The molecule has 24 heavy (non-hydrogen) atoms. The van der Waals surface area contributed by atoms with Gasteiger partial charge in [0.1, 0.15) is 5.75 Å². The van der Waals surface area contributed by atoms with E-state index in [1.54, 1.807) is 0 Å². The standard InChI is InChI=1S/C21H30N2O/c1-16(2)12-15-24-20-10-8-19(9-11-20)22-13-14-23-21-7-5-6-17(3)18(21)4/h5-11,16,22-23H,12-15H2,1-4H3. The second-order valence-electron chi connectivity index (χ2n) is 6.66. The van der Waals surface area contributed by atoms with Crippen molar-refractivity contribution in [1.29, 1.82) is 0 Å². The molecule has 0 aliphatic heterocycles. The molecule has 0 unspecified atom stereocenters. The average molecular weight is 326 g/mol. The molecule has 0 radical (unpaired) electrons. The van der Waals surface area contributed by atoms with Gasteiger partial charge in [0.2, 0.25) is 0 Å². The molecule has 3 nitrogen and oxygen atoms in total. The first-order chi connectivity index (χ1) is 11.6. The van der Waals surface area contributed by atoms with Crippen LogP contribution in [0.25, 0.3) is 0 Å². The minimum absolute atomic E-state index is 0.676. The van der Waals surface area contributed by atoms with E-state index in [1.807, 2.05) is 12.1 Å². The molecule has 0 aliphatic rings. The number of rotatable bonds is 9. The third kappa shape index (κ3) is 5.80. The normalized spacial score (nSPS) is 10.7. The Morgan fingerprint density at radius 3 is 2.33 bits per heavy atom. The van der Waals surface area contributed by atoms with Gasteiger partial charge < -0.3 is 15.4 Å². The average Bonchev–Trinajstić information content (AvgIpc) is 2.56. The van der Waals surface area contributed by atoms with Crippen molar-refractivity contribution in [3.63, 3.8) is 0 Å². The van der Waals surface area contributed by atoms with Crippen LogP contribution in [0.2, 0.25) is 0 Å². The number of hydrogen-bond acceptors (Lipinski definition) is 3. The van der Waals surface area contributed by atoms with Gasteiger partial charge in [-0.25, -0.2) is 0 Å². The number of nitrogens with one attached hydrogen (secondary N) is 2. The summed E-state index contributed by atoms with van der Waals surface area (Å²) >= 11 is 0. The molecule has 0 aromatic heterocycles. The summed E-state index contributed by atoms with van der Waals surface area (Å²) in [7, 11) is 0. The number of anilines is 2. The molecule has 0 atom stereocenters. The maximum Gasteiger partial charge on any atom is 0.119 e. The molecule has 130 valence electrons. The Bertz CT molecular complexity index is 620. The summed E-state index contributed by atoms with van der Waals surface area (Å²) < 4.78 is 5.74. The van der Waals surface area contributed by atoms with Crippen LogP contribution in [0.5, 0.6) is 5.75 Å². The van der Waals surface area contributed by atoms with Crippen molar-refractivity contribution >= 4 is 11.4 Å². The molecule has 0 aliphatic carbocycles. The van der Waals surface area contributed by atoms with Gasteiger partial charge in [-0.1, -0.05) is 26.0 Å². The zero-order valence-corrected chi connectivity index (χ0v) is 15.4. The zero-order chi connectivity index (χ0) is 17.4. The van der Waals surface area contributed by atoms with E-state index < -0.39 is 0 Å². The summed E-state index contributed by atoms with van der Waals surface area (Å²) in [5.41, 5.74) is 4.97. The van der Waals surface area contributed by atoms with Crippen LogP contribution in [0, 0.1) is 19.8 Å². The lowest BCUT2D eigenvalue weighted by Crippen LogP contribution is -2.14. The third-order valence-electron chi connectivity index (χ3n) is 4.19. The third-order valence-corrected chi connectivity index (χ3v) is 4.19. The monoisotopic (exact) mass is 326 g/mol. The Labute approximate surface area is 146 Å². The van der Waals surface area contributed by atoms with Gasteiger partial charge in [-0.2, -0.15) is 0 Å². The first-order valence-electron chi connectivity index (χ1n) is 8.83. The topological polar surface area (TPSA) is 33.3 Å². The Morgan fingerprint density at radius 2 is 1.62 bits per heavy atom. The van der Waals surface area contributed by atoms with Crippen LogP contribution in [0.1, 0.15) is 31.4 Å². The van der Waals surface area contributed by atoms with Crippen molar-refractivity contribution in [3.8, 4) is 5.75 Å². The minimum Gasteiger partial charge on any atom is -0.494 e. The first kappa shape index (κ1) is 18.2. The minimum atomic E-state index is 0.676. The summed E-state index contributed by atoms with van der Waals surface area (Å²) in [5.74, 6) is 1.62. The van der Waals surface area contributed by atoms with Gasteiger partial charge in [0.25, 0.3) is 0 Å². The Hall–Kier alpha value is -2.16. The highest BCUT2D eigenvalue weighted by atomic mass is 16.5. The molecular formula is C21H30N2O. The quantitative estimate of drug-likeness (QED) is 0.617. The molecule has 0 saturated carbocycles. The summed E-state index contributed by atoms with van der Waals surface area (Å²) in [6.07, 6.45) is 1.09. The molecule has 0 fully saturated rings. The molecule has 3 heteroatoms. The van der Waals surface area contributed by atoms with E-state index in [1.165, 1.54) is 16.8 Å². The Balaban J connectivity index is 1.71. The van der Waals surface area contributed by atoms with Crippen LogP contribution >= 0.6 is 0 Å². The SMILES string of the molecule is Cc1cccc(NCCNc2ccc(OCCC(C)C)cc2)c1C. The number of aryl methyl sites for hydroxylation is 1. The van der Waals surface area contributed by atoms with Crippen LogP contribution in [0.15, 0.2) is 42.5 Å². The molecule has 0 heterocycles. The van der Waals surface area contributed by atoms with Crippen molar-refractivity contribution in [3.05, 3.63) is 53.6 Å². The fourth-order valence-corrected chi connectivity index (χ4v) is 2.43. The highest BCUT2D eigenvalue weighted by Gasteiger charge is 2.00. The van der Waals surface area contributed by atoms with Crippen molar-refractivity contribution in [2.75, 3.05) is 30.3 Å². The van der Waals surface area contributed by atoms with Gasteiger partial charge in [0, 0.05) is 24.5 Å². The fraction of sp³-hybridized carbons (Fsp3) is 0.429. The van der Waals surface area contributed by atoms with Gasteiger partial charge in [-0.05, 0) is 67.6 Å². The lowest BCUT2D eigenvalue weighted by atomic mass is 10.1. The van der Waals surface area contributed by atoms with Crippen molar-refractivity contribution in [2.24, 2.45) is 5.92 Å². The summed E-state index contributed by atoms with van der Waals surface area (Å²) in [6, 6.07) is 14.6. The number of benzene rings is 2. The van der Waals surface area contributed by atoms with Gasteiger partial charge in [-0.15, -0.1) is 0 Å². The first-order valence-corrected chi connectivity index (χ1v) is 8.83. The van der Waals surface area contributed by atoms with E-state index in [9.17, 15) is 0 Å². The fourth-order valence-electron chi connectivity index (χ4n) is 2.43. The number of ether oxygens (including phenoxy) is 1. The zero-order valence-electron chi connectivity index (χ0n) is 15.4. The van der Waals surface area contributed by atoms with E-state index in [-0.39, 0.29) is 0 Å². The summed E-state index contributed by atoms with van der Waals surface area (Å²) in [4.78, 5) is 0. The second kappa shape index (κ2) is 9.21. The van der Waals surface area contributed by atoms with Crippen molar-refractivity contribution in [1.82, 2.24) is 0 Å². The molecular weight excluding hydrogens is 296 g/mol. The molecule has 2 rings (SSSR count). The van der Waals surface area contributed by atoms with Crippen LogP contribution in [0.4, 0.5) is 11.4 Å². The summed E-state index contributed by atoms with van der Waals surface area (Å²) in [5, 5.41) is 6.92. The molecule has 2 N–H and O–H groups in total. The van der Waals surface area contributed by atoms with Crippen LogP contribution < -0.4 is 15.4 Å². The van der Waals surface area contributed by atoms with Gasteiger partial charge in [0.05, 0.1) is 6.61 Å². The lowest BCUT2D eigenvalue weighted by molar-refractivity contribution is 0.289. The second-order valence-corrected chi connectivity index (χ2v) is 6.66. The predicted molar refractivity (Wildman–Crippen MR) is 104 cm³/mol. The van der Waals surface area contributed by atoms with E-state index in [2.05, 4.69) is 68.7 Å². The Morgan fingerprint density at radius 1 is 0.917 bits per heavy atom. The molecule has 0 saturated heterocycles. The summed E-state index contributed by atoms with van der Waals surface area (Å²) in [6.45, 7) is 11.3. The van der Waals surface area contributed by atoms with E-state index in [0.29, 0.717) is 5.92 Å². The lowest BCUT2D eigenvalue weighted by Gasteiger charge is -2.13. The molecule has 0 spiro atoms. The number of hydrogen-bond donors (Lipinski definition) is 2. The smallest absolute Gasteiger partial charge is 0.119 e. The van der Waals surface area contributed by atoms with Crippen LogP contribution in [0.3, 0.4) is 0 Å². The largest absolute Gasteiger partial charge is 0.494 e. The van der Waals surface area contributed by atoms with Crippen molar-refractivity contribution in [2.45, 2.75) is 34.1 Å². The molecule has 2 aromatic rings. The maximum atomic E-state index is 5.74. The predicted octanol–water partition coefficient (Wildman–Crippen LogP) is 5.25. The van der Waals surface area contributed by atoms with E-state index in [0.717, 1.165) is 37.6 Å². The molecule has 0 amide bonds. The maximum absolute atomic E-state index is 5.74. The van der Waals surface area contributed by atoms with Gasteiger partial charge in [0.15, 0.2) is 0 Å². The Kier molecular flexibility index (Phi) is 6.98. The highest BCUT2D eigenvalue weighted by molar-refractivity contribution is 5.54. The molecule has 2 aromatic carbocycles. The molecule has 0 bridgehead atoms. The van der Waals surface area contributed by atoms with Crippen LogP contribution in [-0.2, 0) is 0 Å². The van der Waals surface area contributed by atoms with Gasteiger partial charge in [-0.3, -0.25) is 0 Å². The van der Waals surface area contributed by atoms with Crippen molar-refractivity contribution < 1.29 is 4.74 Å².